The van der Waals surface area contributed by atoms with Crippen molar-refractivity contribution in [1.82, 2.24) is 0 Å². The van der Waals surface area contributed by atoms with E-state index in [0.717, 1.165) is 22.4 Å². The highest BCUT2D eigenvalue weighted by atomic mass is 28.4. The predicted molar refractivity (Wildman–Crippen MR) is 131 cm³/mol. The quantitative estimate of drug-likeness (QED) is 0.361. The first kappa shape index (κ1) is 23.1. The van der Waals surface area contributed by atoms with Crippen molar-refractivity contribution in [2.75, 3.05) is 7.11 Å². The molecule has 0 saturated carbocycles. The zero-order valence-corrected chi connectivity index (χ0v) is 20.5. The zero-order chi connectivity index (χ0) is 22.6. The molecule has 2 atom stereocenters. The highest BCUT2D eigenvalue weighted by Crippen LogP contribution is 2.44. The molecule has 4 heteroatoms. The van der Waals surface area contributed by atoms with Gasteiger partial charge >= 0.3 is 5.97 Å². The van der Waals surface area contributed by atoms with Crippen LogP contribution in [0.4, 0.5) is 0 Å². The first-order chi connectivity index (χ1) is 14.6. The molecule has 1 aliphatic carbocycles. The van der Waals surface area contributed by atoms with Crippen molar-refractivity contribution in [3.63, 3.8) is 0 Å². The minimum absolute atomic E-state index is 0.0339. The zero-order valence-electron chi connectivity index (χ0n) is 19.5. The van der Waals surface area contributed by atoms with E-state index in [1.807, 2.05) is 54.6 Å². The number of hydrogen-bond donors (Lipinski definition) is 0. The minimum atomic E-state index is -1.99. The number of benzene rings is 2. The monoisotopic (exact) mass is 434 g/mol. The predicted octanol–water partition coefficient (Wildman–Crippen LogP) is 7.04. The van der Waals surface area contributed by atoms with Crippen molar-refractivity contribution in [3.05, 3.63) is 83.1 Å². The number of carbonyl (C=O) groups excluding carboxylic acids is 1. The van der Waals surface area contributed by atoms with E-state index in [9.17, 15) is 4.79 Å². The molecule has 0 fully saturated rings. The molecule has 0 spiro atoms. The van der Waals surface area contributed by atoms with E-state index < -0.39 is 14.2 Å². The molecule has 2 aromatic carbocycles. The van der Waals surface area contributed by atoms with Crippen molar-refractivity contribution in [2.24, 2.45) is 5.92 Å². The Morgan fingerprint density at radius 1 is 1.06 bits per heavy atom. The average Bonchev–Trinajstić information content (AvgIpc) is 2.73. The summed E-state index contributed by atoms with van der Waals surface area (Å²) in [6, 6.07) is 18.3. The second kappa shape index (κ2) is 9.27. The molecule has 0 aromatic heterocycles. The summed E-state index contributed by atoms with van der Waals surface area (Å²) in [5.41, 5.74) is 3.35. The largest absolute Gasteiger partial charge is 0.546 e. The Hall–Kier alpha value is -2.59. The number of fused-ring (bicyclic) bond motifs is 1. The van der Waals surface area contributed by atoms with Crippen LogP contribution in [0, 0.1) is 5.92 Å². The van der Waals surface area contributed by atoms with Crippen molar-refractivity contribution >= 4 is 26.4 Å². The van der Waals surface area contributed by atoms with Gasteiger partial charge in [-0.2, -0.15) is 0 Å². The molecule has 0 bridgehead atoms. The maximum Gasteiger partial charge on any atom is 0.313 e. The summed E-state index contributed by atoms with van der Waals surface area (Å²) >= 11 is 0. The van der Waals surface area contributed by atoms with Crippen LogP contribution in [0.5, 0.6) is 0 Å². The van der Waals surface area contributed by atoms with Gasteiger partial charge < -0.3 is 9.16 Å². The van der Waals surface area contributed by atoms with E-state index in [0.29, 0.717) is 6.42 Å². The molecule has 164 valence electrons. The van der Waals surface area contributed by atoms with Gasteiger partial charge in [0.05, 0.1) is 18.8 Å². The highest BCUT2D eigenvalue weighted by Gasteiger charge is 2.41. The molecule has 0 heterocycles. The second-order valence-electron chi connectivity index (χ2n) is 9.73. The van der Waals surface area contributed by atoms with E-state index in [4.69, 9.17) is 9.16 Å². The number of carbonyl (C=O) groups is 1. The lowest BCUT2D eigenvalue weighted by molar-refractivity contribution is -0.144. The van der Waals surface area contributed by atoms with Gasteiger partial charge in [-0.1, -0.05) is 87.5 Å². The number of methoxy groups -OCH3 is 1. The van der Waals surface area contributed by atoms with Crippen LogP contribution >= 0.6 is 0 Å². The van der Waals surface area contributed by atoms with Crippen molar-refractivity contribution in [1.29, 1.82) is 0 Å². The third-order valence-electron chi connectivity index (χ3n) is 6.53. The number of ether oxygens (including phenoxy) is 1. The Labute approximate surface area is 187 Å². The molecule has 0 aliphatic heterocycles. The molecule has 0 saturated heterocycles. The van der Waals surface area contributed by atoms with Gasteiger partial charge in [0.15, 0.2) is 0 Å². The van der Waals surface area contributed by atoms with Crippen LogP contribution in [0.15, 0.2) is 66.4 Å². The first-order valence-corrected chi connectivity index (χ1v) is 13.8. The molecule has 0 unspecified atom stereocenters. The number of rotatable bonds is 6. The third-order valence-corrected chi connectivity index (χ3v) is 10.9. The molecule has 31 heavy (non-hydrogen) atoms. The second-order valence-corrected chi connectivity index (χ2v) is 14.5. The topological polar surface area (TPSA) is 35.5 Å². The lowest BCUT2D eigenvalue weighted by Gasteiger charge is -2.39. The van der Waals surface area contributed by atoms with Gasteiger partial charge in [-0.05, 0) is 40.9 Å². The van der Waals surface area contributed by atoms with Crippen molar-refractivity contribution in [2.45, 2.75) is 51.2 Å². The first-order valence-electron chi connectivity index (χ1n) is 10.9. The maximum absolute atomic E-state index is 12.9. The van der Waals surface area contributed by atoms with Gasteiger partial charge in [0, 0.05) is 12.3 Å². The highest BCUT2D eigenvalue weighted by molar-refractivity contribution is 6.74. The molecule has 1 aliphatic rings. The van der Waals surface area contributed by atoms with Crippen LogP contribution < -0.4 is 0 Å². The summed E-state index contributed by atoms with van der Waals surface area (Å²) in [6.45, 7) is 11.3. The SMILES string of the molecule is COC(=O)[C@@H](/C=C/c1ccccc1)[C@@H]1CC(O[Si](C)(C)C(C)(C)C)=Cc2ccccc21. The molecule has 0 radical (unpaired) electrons. The minimum Gasteiger partial charge on any atom is -0.546 e. The van der Waals surface area contributed by atoms with E-state index in [1.54, 1.807) is 0 Å². The van der Waals surface area contributed by atoms with E-state index >= 15 is 0 Å². The van der Waals surface area contributed by atoms with E-state index in [-0.39, 0.29) is 16.9 Å². The lowest BCUT2D eigenvalue weighted by Crippen LogP contribution is -2.41. The molecule has 0 amide bonds. The van der Waals surface area contributed by atoms with Crippen molar-refractivity contribution in [3.8, 4) is 0 Å². The Morgan fingerprint density at radius 2 is 1.71 bits per heavy atom. The Balaban J connectivity index is 1.98. The van der Waals surface area contributed by atoms with Gasteiger partial charge in [-0.25, -0.2) is 0 Å². The summed E-state index contributed by atoms with van der Waals surface area (Å²) in [4.78, 5) is 12.9. The fraction of sp³-hybridized carbons (Fsp3) is 0.370. The molecule has 2 aromatic rings. The fourth-order valence-corrected chi connectivity index (χ4v) is 4.81. The summed E-state index contributed by atoms with van der Waals surface area (Å²) in [5.74, 6) is 0.323. The molecular formula is C27H34O3Si. The lowest BCUT2D eigenvalue weighted by atomic mass is 9.77. The van der Waals surface area contributed by atoms with Crippen LogP contribution in [0.25, 0.3) is 12.2 Å². The van der Waals surface area contributed by atoms with Gasteiger partial charge in [0.25, 0.3) is 0 Å². The summed E-state index contributed by atoms with van der Waals surface area (Å²) in [7, 11) is -0.525. The maximum atomic E-state index is 12.9. The van der Waals surface area contributed by atoms with E-state index in [1.165, 1.54) is 7.11 Å². The van der Waals surface area contributed by atoms with E-state index in [2.05, 4.69) is 52.1 Å². The Bertz CT molecular complexity index is 967. The van der Waals surface area contributed by atoms with Crippen LogP contribution in [0.2, 0.25) is 18.1 Å². The number of esters is 1. The molecule has 3 rings (SSSR count). The Kier molecular flexibility index (Phi) is 6.90. The molecule has 0 N–H and O–H groups in total. The summed E-state index contributed by atoms with van der Waals surface area (Å²) in [5, 5.41) is 0.106. The van der Waals surface area contributed by atoms with Crippen LogP contribution in [-0.2, 0) is 14.0 Å². The Morgan fingerprint density at radius 3 is 2.35 bits per heavy atom. The average molecular weight is 435 g/mol. The third kappa shape index (κ3) is 5.37. The molecule has 3 nitrogen and oxygen atoms in total. The molecular weight excluding hydrogens is 400 g/mol. The number of hydrogen-bond acceptors (Lipinski definition) is 3. The normalized spacial score (nSPS) is 17.6. The van der Waals surface area contributed by atoms with Crippen LogP contribution in [0.3, 0.4) is 0 Å². The van der Waals surface area contributed by atoms with Crippen LogP contribution in [0.1, 0.15) is 49.8 Å². The standard InChI is InChI=1S/C27H34O3Si/c1-27(2,3)31(5,6)30-22-18-21-14-10-11-15-23(21)25(19-22)24(26(28)29-4)17-16-20-12-8-7-9-13-20/h7-18,24-25H,19H2,1-6H3/b17-16+/t24-,25+/m0/s1. The van der Waals surface area contributed by atoms with Gasteiger partial charge in [0.1, 0.15) is 0 Å². The van der Waals surface area contributed by atoms with Gasteiger partial charge in [-0.15, -0.1) is 0 Å². The fourth-order valence-electron chi connectivity index (χ4n) is 3.70. The number of allylic oxidation sites excluding steroid dienone is 1. The summed E-state index contributed by atoms with van der Waals surface area (Å²) in [6.07, 6.45) is 6.83. The smallest absolute Gasteiger partial charge is 0.313 e. The van der Waals surface area contributed by atoms with Crippen LogP contribution in [-0.4, -0.2) is 21.4 Å². The van der Waals surface area contributed by atoms with Gasteiger partial charge in [-0.3, -0.25) is 4.79 Å². The van der Waals surface area contributed by atoms with Gasteiger partial charge in [0.2, 0.25) is 8.32 Å². The summed E-state index contributed by atoms with van der Waals surface area (Å²) < 4.78 is 11.9. The van der Waals surface area contributed by atoms with Crippen molar-refractivity contribution < 1.29 is 14.0 Å².